The van der Waals surface area contributed by atoms with Gasteiger partial charge in [-0.1, -0.05) is 0 Å². The normalized spacial score (nSPS) is 10.0. The Kier molecular flexibility index (Phi) is 6.61. The van der Waals surface area contributed by atoms with Gasteiger partial charge in [0.2, 0.25) is 0 Å². The average molecular weight is 377 g/mol. The van der Waals surface area contributed by atoms with Gasteiger partial charge in [-0.3, -0.25) is 9.59 Å². The predicted molar refractivity (Wildman–Crippen MR) is 79.0 cm³/mol. The third kappa shape index (κ3) is 5.46. The number of benzene rings is 1. The SMILES string of the molecule is CCOC(=O)CCCNC(=O)c1ccc(I)c(O)c1. The summed E-state index contributed by atoms with van der Waals surface area (Å²) in [4.78, 5) is 22.8. The van der Waals surface area contributed by atoms with Crippen molar-refractivity contribution in [1.82, 2.24) is 5.32 Å². The van der Waals surface area contributed by atoms with Crippen molar-refractivity contribution in [2.75, 3.05) is 13.2 Å². The molecule has 2 N–H and O–H groups in total. The molecule has 1 aromatic rings. The molecule has 0 spiro atoms. The Morgan fingerprint density at radius 1 is 1.42 bits per heavy atom. The van der Waals surface area contributed by atoms with Gasteiger partial charge in [-0.25, -0.2) is 0 Å². The fourth-order valence-electron chi connectivity index (χ4n) is 1.42. The number of phenols is 1. The number of aromatic hydroxyl groups is 1. The fourth-order valence-corrected chi connectivity index (χ4v) is 1.76. The zero-order valence-electron chi connectivity index (χ0n) is 10.6. The number of nitrogens with one attached hydrogen (secondary N) is 1. The van der Waals surface area contributed by atoms with Crippen molar-refractivity contribution in [2.24, 2.45) is 0 Å². The first-order valence-corrected chi connectivity index (χ1v) is 7.04. The van der Waals surface area contributed by atoms with E-state index in [0.717, 1.165) is 0 Å². The van der Waals surface area contributed by atoms with Crippen LogP contribution in [0.15, 0.2) is 18.2 Å². The first kappa shape index (κ1) is 15.7. The quantitative estimate of drug-likeness (QED) is 0.452. The molecule has 6 heteroatoms. The van der Waals surface area contributed by atoms with Crippen LogP contribution >= 0.6 is 22.6 Å². The molecule has 0 aliphatic rings. The summed E-state index contributed by atoms with van der Waals surface area (Å²) in [7, 11) is 0. The van der Waals surface area contributed by atoms with Crippen LogP contribution in [-0.2, 0) is 9.53 Å². The Balaban J connectivity index is 2.35. The number of rotatable bonds is 6. The molecule has 0 radical (unpaired) electrons. The summed E-state index contributed by atoms with van der Waals surface area (Å²) in [6, 6.07) is 4.73. The van der Waals surface area contributed by atoms with Crippen molar-refractivity contribution in [3.05, 3.63) is 27.3 Å². The van der Waals surface area contributed by atoms with Crippen LogP contribution in [0.1, 0.15) is 30.1 Å². The van der Waals surface area contributed by atoms with Crippen LogP contribution in [0.2, 0.25) is 0 Å². The van der Waals surface area contributed by atoms with Gasteiger partial charge in [-0.2, -0.15) is 0 Å². The van der Waals surface area contributed by atoms with Crippen LogP contribution in [-0.4, -0.2) is 30.1 Å². The lowest BCUT2D eigenvalue weighted by Crippen LogP contribution is -2.25. The second-order valence-corrected chi connectivity index (χ2v) is 4.99. The molecule has 0 aliphatic heterocycles. The number of hydrogen-bond acceptors (Lipinski definition) is 4. The minimum atomic E-state index is -0.268. The standard InChI is InChI=1S/C13H16INO4/c1-2-19-12(17)4-3-7-15-13(18)9-5-6-10(14)11(16)8-9/h5-6,8,16H,2-4,7H2,1H3,(H,15,18). The zero-order valence-corrected chi connectivity index (χ0v) is 12.8. The number of hydrogen-bond donors (Lipinski definition) is 2. The highest BCUT2D eigenvalue weighted by Crippen LogP contribution is 2.20. The molecule has 0 saturated carbocycles. The Labute approximate surface area is 125 Å². The lowest BCUT2D eigenvalue weighted by atomic mass is 10.2. The second kappa shape index (κ2) is 7.98. The van der Waals surface area contributed by atoms with Gasteiger partial charge in [0.05, 0.1) is 10.2 Å². The van der Waals surface area contributed by atoms with Gasteiger partial charge in [0.1, 0.15) is 5.75 Å². The van der Waals surface area contributed by atoms with Crippen LogP contribution in [0.5, 0.6) is 5.75 Å². The van der Waals surface area contributed by atoms with Crippen molar-refractivity contribution in [1.29, 1.82) is 0 Å². The minimum absolute atomic E-state index is 0.0831. The predicted octanol–water partition coefficient (Wildman–Crippen LogP) is 2.07. The Bertz CT molecular complexity index is 462. The Morgan fingerprint density at radius 3 is 2.79 bits per heavy atom. The molecule has 5 nitrogen and oxygen atoms in total. The Hall–Kier alpha value is -1.31. The Morgan fingerprint density at radius 2 is 2.16 bits per heavy atom. The summed E-state index contributed by atoms with van der Waals surface area (Å²) >= 11 is 1.98. The zero-order chi connectivity index (χ0) is 14.3. The topological polar surface area (TPSA) is 75.6 Å². The lowest BCUT2D eigenvalue weighted by molar-refractivity contribution is -0.143. The largest absolute Gasteiger partial charge is 0.507 e. The molecule has 0 heterocycles. The van der Waals surface area contributed by atoms with E-state index in [1.165, 1.54) is 6.07 Å². The molecule has 104 valence electrons. The molecule has 0 bridgehead atoms. The summed E-state index contributed by atoms with van der Waals surface area (Å²) in [5.74, 6) is -0.445. The summed E-state index contributed by atoms with van der Waals surface area (Å²) in [5.41, 5.74) is 0.397. The summed E-state index contributed by atoms with van der Waals surface area (Å²) < 4.78 is 5.47. The summed E-state index contributed by atoms with van der Waals surface area (Å²) in [5, 5.41) is 12.2. The molecule has 0 saturated heterocycles. The molecular weight excluding hydrogens is 361 g/mol. The van der Waals surface area contributed by atoms with E-state index in [0.29, 0.717) is 28.7 Å². The van der Waals surface area contributed by atoms with E-state index in [4.69, 9.17) is 4.74 Å². The van der Waals surface area contributed by atoms with Crippen molar-refractivity contribution < 1.29 is 19.4 Å². The number of carbonyl (C=O) groups is 2. The molecule has 0 aliphatic carbocycles. The highest BCUT2D eigenvalue weighted by molar-refractivity contribution is 14.1. The maximum atomic E-state index is 11.7. The van der Waals surface area contributed by atoms with Crippen LogP contribution in [0.3, 0.4) is 0 Å². The van der Waals surface area contributed by atoms with Crippen molar-refractivity contribution >= 4 is 34.5 Å². The minimum Gasteiger partial charge on any atom is -0.507 e. The van der Waals surface area contributed by atoms with Gasteiger partial charge in [0, 0.05) is 18.5 Å². The molecule has 0 unspecified atom stereocenters. The summed E-state index contributed by atoms with van der Waals surface area (Å²) in [6.45, 7) is 2.51. The highest BCUT2D eigenvalue weighted by atomic mass is 127. The molecule has 0 fully saturated rings. The number of esters is 1. The van der Waals surface area contributed by atoms with Gasteiger partial charge in [-0.15, -0.1) is 0 Å². The monoisotopic (exact) mass is 377 g/mol. The maximum absolute atomic E-state index is 11.7. The molecule has 0 aromatic heterocycles. The molecule has 19 heavy (non-hydrogen) atoms. The van der Waals surface area contributed by atoms with Crippen molar-refractivity contribution in [2.45, 2.75) is 19.8 Å². The number of amides is 1. The molecule has 1 amide bonds. The van der Waals surface area contributed by atoms with E-state index < -0.39 is 0 Å². The molecular formula is C13H16INO4. The van der Waals surface area contributed by atoms with Crippen LogP contribution < -0.4 is 5.32 Å². The van der Waals surface area contributed by atoms with Crippen molar-refractivity contribution in [3.63, 3.8) is 0 Å². The van der Waals surface area contributed by atoms with E-state index in [1.54, 1.807) is 19.1 Å². The lowest BCUT2D eigenvalue weighted by Gasteiger charge is -2.06. The third-order valence-corrected chi connectivity index (χ3v) is 3.27. The van der Waals surface area contributed by atoms with Gasteiger partial charge in [-0.05, 0) is 54.1 Å². The van der Waals surface area contributed by atoms with E-state index in [-0.39, 0.29) is 24.0 Å². The number of ether oxygens (including phenoxy) is 1. The highest BCUT2D eigenvalue weighted by Gasteiger charge is 2.08. The smallest absolute Gasteiger partial charge is 0.305 e. The summed E-state index contributed by atoms with van der Waals surface area (Å²) in [6.07, 6.45) is 0.812. The number of halogens is 1. The second-order valence-electron chi connectivity index (χ2n) is 3.83. The van der Waals surface area contributed by atoms with Crippen LogP contribution in [0, 0.1) is 3.57 Å². The fraction of sp³-hybridized carbons (Fsp3) is 0.385. The van der Waals surface area contributed by atoms with Gasteiger partial charge in [0.15, 0.2) is 0 Å². The van der Waals surface area contributed by atoms with Crippen molar-refractivity contribution in [3.8, 4) is 5.75 Å². The van der Waals surface area contributed by atoms with Gasteiger partial charge in [0.25, 0.3) is 5.91 Å². The van der Waals surface area contributed by atoms with E-state index in [2.05, 4.69) is 5.32 Å². The van der Waals surface area contributed by atoms with Gasteiger partial charge >= 0.3 is 5.97 Å². The molecule has 0 atom stereocenters. The average Bonchev–Trinajstić information content (AvgIpc) is 2.38. The molecule has 1 aromatic carbocycles. The third-order valence-electron chi connectivity index (χ3n) is 2.36. The first-order valence-electron chi connectivity index (χ1n) is 5.97. The molecule has 1 rings (SSSR count). The van der Waals surface area contributed by atoms with E-state index >= 15 is 0 Å². The van der Waals surface area contributed by atoms with E-state index in [1.807, 2.05) is 22.6 Å². The first-order chi connectivity index (χ1) is 9.04. The van der Waals surface area contributed by atoms with E-state index in [9.17, 15) is 14.7 Å². The van der Waals surface area contributed by atoms with Gasteiger partial charge < -0.3 is 15.2 Å². The number of phenolic OH excluding ortho intramolecular Hbond substituents is 1. The van der Waals surface area contributed by atoms with Crippen LogP contribution in [0.25, 0.3) is 0 Å². The van der Waals surface area contributed by atoms with Crippen LogP contribution in [0.4, 0.5) is 0 Å². The number of carbonyl (C=O) groups excluding carboxylic acids is 2. The maximum Gasteiger partial charge on any atom is 0.305 e.